The molecule has 1 aromatic carbocycles. The van der Waals surface area contributed by atoms with Crippen LogP contribution in [-0.4, -0.2) is 30.9 Å². The summed E-state index contributed by atoms with van der Waals surface area (Å²) >= 11 is 0. The van der Waals surface area contributed by atoms with E-state index in [1.165, 1.54) is 19.2 Å². The number of esters is 2. The highest BCUT2D eigenvalue weighted by Crippen LogP contribution is 2.45. The van der Waals surface area contributed by atoms with Crippen LogP contribution in [0.15, 0.2) is 46.8 Å². The Labute approximate surface area is 181 Å². The van der Waals surface area contributed by atoms with E-state index in [0.29, 0.717) is 35.4 Å². The highest BCUT2D eigenvalue weighted by Gasteiger charge is 2.47. The van der Waals surface area contributed by atoms with Gasteiger partial charge in [0.15, 0.2) is 5.78 Å². The first-order valence-corrected chi connectivity index (χ1v) is 10.5. The smallest absolute Gasteiger partial charge is 0.337 e. The number of nitrogens with one attached hydrogen (secondary N) is 1. The van der Waals surface area contributed by atoms with E-state index in [4.69, 9.17) is 9.47 Å². The molecule has 2 aliphatic rings. The maximum Gasteiger partial charge on any atom is 0.337 e. The third-order valence-corrected chi connectivity index (χ3v) is 6.05. The maximum absolute atomic E-state index is 13.6. The Morgan fingerprint density at radius 3 is 2.48 bits per heavy atom. The number of ketones is 1. The molecule has 3 rings (SSSR count). The maximum atomic E-state index is 13.6. The summed E-state index contributed by atoms with van der Waals surface area (Å²) in [5.41, 5.74) is 2.46. The molecule has 6 nitrogen and oxygen atoms in total. The van der Waals surface area contributed by atoms with Crippen LogP contribution in [-0.2, 0) is 23.9 Å². The standard InChI is InChI=1S/C24H28FNO5/c1-6-13(3)31-24(29)19-14(4)26-17-11-12(2)18(23(28)30-5)22(27)21(17)20(19)15-7-9-16(25)10-8-15/h7-10,12-13,18,20,26H,6,11H2,1-5H3/t12-,13-,18-,20-/m1/s1. The molecule has 0 saturated carbocycles. The van der Waals surface area contributed by atoms with Crippen molar-refractivity contribution in [1.82, 2.24) is 5.32 Å². The Hall–Kier alpha value is -2.96. The van der Waals surface area contributed by atoms with Crippen LogP contribution >= 0.6 is 0 Å². The molecule has 1 aliphatic carbocycles. The summed E-state index contributed by atoms with van der Waals surface area (Å²) in [4.78, 5) is 39.0. The summed E-state index contributed by atoms with van der Waals surface area (Å²) in [5.74, 6) is -3.94. The van der Waals surface area contributed by atoms with Crippen LogP contribution in [0.2, 0.25) is 0 Å². The quantitative estimate of drug-likeness (QED) is 0.567. The van der Waals surface area contributed by atoms with E-state index in [9.17, 15) is 18.8 Å². The summed E-state index contributed by atoms with van der Waals surface area (Å²) in [6.45, 7) is 7.28. The van der Waals surface area contributed by atoms with Gasteiger partial charge in [-0.3, -0.25) is 9.59 Å². The van der Waals surface area contributed by atoms with E-state index in [2.05, 4.69) is 5.32 Å². The van der Waals surface area contributed by atoms with Gasteiger partial charge in [-0.25, -0.2) is 9.18 Å². The number of hydrogen-bond donors (Lipinski definition) is 1. The van der Waals surface area contributed by atoms with Crippen molar-refractivity contribution in [2.45, 2.75) is 52.6 Å². The van der Waals surface area contributed by atoms with Crippen LogP contribution in [0.4, 0.5) is 4.39 Å². The van der Waals surface area contributed by atoms with E-state index in [-0.39, 0.29) is 23.4 Å². The van der Waals surface area contributed by atoms with Crippen LogP contribution in [0.5, 0.6) is 0 Å². The number of hydrogen-bond acceptors (Lipinski definition) is 6. The fraction of sp³-hybridized carbons (Fsp3) is 0.458. The van der Waals surface area contributed by atoms with Gasteiger partial charge in [-0.1, -0.05) is 26.0 Å². The van der Waals surface area contributed by atoms with Crippen LogP contribution < -0.4 is 5.32 Å². The van der Waals surface area contributed by atoms with Crippen molar-refractivity contribution in [2.75, 3.05) is 7.11 Å². The number of dihydropyridines is 1. The highest BCUT2D eigenvalue weighted by molar-refractivity contribution is 6.12. The first kappa shape index (κ1) is 22.7. The molecule has 0 radical (unpaired) electrons. The van der Waals surface area contributed by atoms with Gasteiger partial charge < -0.3 is 14.8 Å². The van der Waals surface area contributed by atoms with Crippen LogP contribution in [0.25, 0.3) is 0 Å². The van der Waals surface area contributed by atoms with Gasteiger partial charge in [-0.15, -0.1) is 0 Å². The average Bonchev–Trinajstić information content (AvgIpc) is 2.72. The van der Waals surface area contributed by atoms with Gasteiger partial charge >= 0.3 is 11.9 Å². The minimum atomic E-state index is -0.959. The van der Waals surface area contributed by atoms with Crippen LogP contribution in [0, 0.1) is 17.7 Å². The molecule has 4 atom stereocenters. The number of ether oxygens (including phenoxy) is 2. The first-order valence-electron chi connectivity index (χ1n) is 10.5. The van der Waals surface area contributed by atoms with Crippen molar-refractivity contribution in [2.24, 2.45) is 11.8 Å². The van der Waals surface area contributed by atoms with Gasteiger partial charge in [0.1, 0.15) is 11.7 Å². The third kappa shape index (κ3) is 4.27. The van der Waals surface area contributed by atoms with E-state index in [1.54, 1.807) is 26.0 Å². The topological polar surface area (TPSA) is 81.7 Å². The lowest BCUT2D eigenvalue weighted by Crippen LogP contribution is -2.43. The monoisotopic (exact) mass is 429 g/mol. The van der Waals surface area contributed by atoms with Gasteiger partial charge in [0.05, 0.1) is 18.8 Å². The lowest BCUT2D eigenvalue weighted by Gasteiger charge is -2.38. The third-order valence-electron chi connectivity index (χ3n) is 6.05. The Balaban J connectivity index is 2.15. The fourth-order valence-electron chi connectivity index (χ4n) is 4.27. The molecule has 31 heavy (non-hydrogen) atoms. The molecular weight excluding hydrogens is 401 g/mol. The van der Waals surface area contributed by atoms with Crippen LogP contribution in [0.3, 0.4) is 0 Å². The van der Waals surface area contributed by atoms with E-state index < -0.39 is 29.6 Å². The SMILES string of the molecule is CC[C@@H](C)OC(=O)C1=C(C)NC2=C(C(=O)[C@H](C(=O)OC)[C@H](C)C2)[C@@H]1c1ccc(F)cc1. The zero-order valence-corrected chi connectivity index (χ0v) is 18.5. The Morgan fingerprint density at radius 2 is 1.90 bits per heavy atom. The average molecular weight is 429 g/mol. The predicted octanol–water partition coefficient (Wildman–Crippen LogP) is 3.78. The van der Waals surface area contributed by atoms with E-state index in [1.807, 2.05) is 13.8 Å². The van der Waals surface area contributed by atoms with Gasteiger partial charge in [0.25, 0.3) is 0 Å². The lowest BCUT2D eigenvalue weighted by atomic mass is 9.69. The molecule has 0 aromatic heterocycles. The summed E-state index contributed by atoms with van der Waals surface area (Å²) in [5, 5.41) is 3.20. The second kappa shape index (κ2) is 9.04. The highest BCUT2D eigenvalue weighted by atomic mass is 19.1. The molecule has 1 aliphatic heterocycles. The van der Waals surface area contributed by atoms with Gasteiger partial charge in [-0.2, -0.15) is 0 Å². The number of carbonyl (C=O) groups excluding carboxylic acids is 3. The van der Waals surface area contributed by atoms with Gasteiger partial charge in [-0.05, 0) is 50.3 Å². The van der Waals surface area contributed by atoms with Crippen molar-refractivity contribution in [3.63, 3.8) is 0 Å². The number of rotatable bonds is 5. The molecule has 0 unspecified atom stereocenters. The molecule has 0 spiro atoms. The fourth-order valence-corrected chi connectivity index (χ4v) is 4.27. The number of halogens is 1. The summed E-state index contributed by atoms with van der Waals surface area (Å²) in [6, 6.07) is 5.69. The molecule has 0 fully saturated rings. The molecule has 0 amide bonds. The van der Waals surface area contributed by atoms with Crippen molar-refractivity contribution in [3.8, 4) is 0 Å². The Morgan fingerprint density at radius 1 is 1.26 bits per heavy atom. The molecule has 166 valence electrons. The second-order valence-electron chi connectivity index (χ2n) is 8.21. The van der Waals surface area contributed by atoms with E-state index >= 15 is 0 Å². The number of benzene rings is 1. The van der Waals surface area contributed by atoms with E-state index in [0.717, 1.165) is 0 Å². The molecule has 1 aromatic rings. The number of allylic oxidation sites excluding steroid dienone is 3. The minimum Gasteiger partial charge on any atom is -0.468 e. The number of methoxy groups -OCH3 is 1. The second-order valence-corrected chi connectivity index (χ2v) is 8.21. The Kier molecular flexibility index (Phi) is 6.62. The first-order chi connectivity index (χ1) is 14.7. The lowest BCUT2D eigenvalue weighted by molar-refractivity contribution is -0.151. The molecule has 7 heteroatoms. The number of Topliss-reactive ketones (excluding diaryl/α,β-unsaturated/α-hetero) is 1. The minimum absolute atomic E-state index is 0.263. The molecule has 1 N–H and O–H groups in total. The van der Waals surface area contributed by atoms with Gasteiger partial charge in [0.2, 0.25) is 0 Å². The normalized spacial score (nSPS) is 24.3. The summed E-state index contributed by atoms with van der Waals surface area (Å²) < 4.78 is 24.1. The zero-order valence-electron chi connectivity index (χ0n) is 18.5. The van der Waals surface area contributed by atoms with Crippen LogP contribution in [0.1, 0.15) is 52.0 Å². The van der Waals surface area contributed by atoms with Crippen molar-refractivity contribution in [3.05, 3.63) is 58.2 Å². The Bertz CT molecular complexity index is 963. The van der Waals surface area contributed by atoms with Gasteiger partial charge in [0, 0.05) is 22.9 Å². The molecule has 1 heterocycles. The molecule has 0 bridgehead atoms. The zero-order chi connectivity index (χ0) is 22.9. The predicted molar refractivity (Wildman–Crippen MR) is 112 cm³/mol. The largest absolute Gasteiger partial charge is 0.468 e. The molecular formula is C24H28FNO5. The van der Waals surface area contributed by atoms with Crippen molar-refractivity contribution >= 4 is 17.7 Å². The number of carbonyl (C=O) groups is 3. The summed E-state index contributed by atoms with van der Waals surface area (Å²) in [7, 11) is 1.25. The van der Waals surface area contributed by atoms with Crippen molar-refractivity contribution in [1.29, 1.82) is 0 Å². The summed E-state index contributed by atoms with van der Waals surface area (Å²) in [6.07, 6.45) is 0.785. The molecule has 0 saturated heterocycles. The van der Waals surface area contributed by atoms with Crippen molar-refractivity contribution < 1.29 is 28.2 Å².